The summed E-state index contributed by atoms with van der Waals surface area (Å²) in [4.78, 5) is 16.7. The normalized spacial score (nSPS) is 29.5. The molecule has 2 aliphatic heterocycles. The fourth-order valence-corrected chi connectivity index (χ4v) is 5.28. The summed E-state index contributed by atoms with van der Waals surface area (Å²) in [5, 5.41) is 16.9. The van der Waals surface area contributed by atoms with E-state index in [0.29, 0.717) is 23.6 Å². The van der Waals surface area contributed by atoms with Crippen LogP contribution in [-0.4, -0.2) is 66.2 Å². The van der Waals surface area contributed by atoms with Gasteiger partial charge in [0.25, 0.3) is 0 Å². The zero-order valence-electron chi connectivity index (χ0n) is 16.0. The lowest BCUT2D eigenvalue weighted by molar-refractivity contribution is 0.108. The second-order valence-corrected chi connectivity index (χ2v) is 7.98. The van der Waals surface area contributed by atoms with E-state index in [4.69, 9.17) is 0 Å². The minimum atomic E-state index is 0.0309. The Hall–Kier alpha value is -1.95. The average Bonchev–Trinajstić information content (AvgIpc) is 3.00. The summed E-state index contributed by atoms with van der Waals surface area (Å²) in [6.07, 6.45) is 2.08. The Labute approximate surface area is 155 Å². The molecule has 2 amide bonds. The van der Waals surface area contributed by atoms with E-state index in [2.05, 4.69) is 22.6 Å². The third kappa shape index (κ3) is 2.80. The molecule has 4 atom stereocenters. The van der Waals surface area contributed by atoms with Gasteiger partial charge in [0.2, 0.25) is 0 Å². The van der Waals surface area contributed by atoms with E-state index < -0.39 is 0 Å². The highest BCUT2D eigenvalue weighted by molar-refractivity contribution is 5.74. The zero-order valence-corrected chi connectivity index (χ0v) is 16.0. The summed E-state index contributed by atoms with van der Waals surface area (Å²) in [5.74, 6) is 1.23. The molecule has 0 spiro atoms. The molecule has 6 heteroatoms. The fourth-order valence-electron chi connectivity index (χ4n) is 5.28. The van der Waals surface area contributed by atoms with Crippen molar-refractivity contribution < 1.29 is 9.90 Å². The van der Waals surface area contributed by atoms with Crippen LogP contribution in [0.3, 0.4) is 0 Å². The van der Waals surface area contributed by atoms with Gasteiger partial charge < -0.3 is 25.5 Å². The van der Waals surface area contributed by atoms with Crippen molar-refractivity contribution in [1.29, 1.82) is 0 Å². The molecule has 26 heavy (non-hydrogen) atoms. The van der Waals surface area contributed by atoms with Gasteiger partial charge in [-0.3, -0.25) is 0 Å². The number of amides is 2. The number of likely N-dealkylation sites (tertiary alicyclic amines) is 1. The van der Waals surface area contributed by atoms with Crippen molar-refractivity contribution in [3.63, 3.8) is 0 Å². The van der Waals surface area contributed by atoms with Gasteiger partial charge >= 0.3 is 6.03 Å². The first kappa shape index (κ1) is 17.5. The van der Waals surface area contributed by atoms with Gasteiger partial charge in [0.05, 0.1) is 0 Å². The summed E-state index contributed by atoms with van der Waals surface area (Å²) in [6, 6.07) is 4.45. The topological polar surface area (TPSA) is 67.8 Å². The molecule has 1 unspecified atom stereocenters. The van der Waals surface area contributed by atoms with Gasteiger partial charge in [-0.2, -0.15) is 0 Å². The summed E-state index contributed by atoms with van der Waals surface area (Å²) in [7, 11) is 2.17. The molecule has 0 radical (unpaired) electrons. The molecule has 3 N–H and O–H groups in total. The number of urea groups is 1. The third-order valence-corrected chi connectivity index (χ3v) is 6.53. The van der Waals surface area contributed by atoms with Gasteiger partial charge in [0.15, 0.2) is 0 Å². The molecule has 2 heterocycles. The molecule has 1 aromatic carbocycles. The number of likely N-dealkylation sites (N-methyl/N-ethyl adjacent to an activating group) is 1. The molecule has 0 aromatic heterocycles. The summed E-state index contributed by atoms with van der Waals surface area (Å²) >= 11 is 0. The van der Waals surface area contributed by atoms with E-state index in [-0.39, 0.29) is 12.1 Å². The van der Waals surface area contributed by atoms with Crippen molar-refractivity contribution in [3.05, 3.63) is 23.3 Å². The number of nitrogens with zero attached hydrogens (tertiary/aromatic N) is 2. The number of anilines is 1. The van der Waals surface area contributed by atoms with Crippen molar-refractivity contribution in [2.75, 3.05) is 38.5 Å². The van der Waals surface area contributed by atoms with Gasteiger partial charge in [-0.15, -0.1) is 0 Å². The molecule has 1 aromatic rings. The maximum Gasteiger partial charge on any atom is 0.317 e. The lowest BCUT2D eigenvalue weighted by Crippen LogP contribution is -2.56. The van der Waals surface area contributed by atoms with E-state index in [9.17, 15) is 9.90 Å². The number of hydrogen-bond donors (Lipinski definition) is 3. The Kier molecular flexibility index (Phi) is 4.47. The van der Waals surface area contributed by atoms with Gasteiger partial charge in [0, 0.05) is 61.9 Å². The predicted molar refractivity (Wildman–Crippen MR) is 103 cm³/mol. The summed E-state index contributed by atoms with van der Waals surface area (Å²) in [5.41, 5.74) is 3.77. The Balaban J connectivity index is 1.59. The van der Waals surface area contributed by atoms with E-state index >= 15 is 0 Å². The number of hydrogen-bond acceptors (Lipinski definition) is 4. The van der Waals surface area contributed by atoms with Crippen molar-refractivity contribution in [3.8, 4) is 5.75 Å². The van der Waals surface area contributed by atoms with Gasteiger partial charge in [0.1, 0.15) is 5.75 Å². The van der Waals surface area contributed by atoms with Gasteiger partial charge in [-0.05, 0) is 50.9 Å². The molecule has 0 saturated carbocycles. The molecule has 4 rings (SSSR count). The molecular formula is C20H30N4O2. The van der Waals surface area contributed by atoms with Crippen molar-refractivity contribution in [1.82, 2.24) is 15.1 Å². The number of nitrogens with one attached hydrogen (secondary N) is 2. The highest BCUT2D eigenvalue weighted by Gasteiger charge is 2.44. The molecule has 142 valence electrons. The number of rotatable bonds is 3. The van der Waals surface area contributed by atoms with Crippen LogP contribution in [0, 0.1) is 0 Å². The Morgan fingerprint density at radius 3 is 2.85 bits per heavy atom. The van der Waals surface area contributed by atoms with Crippen LogP contribution in [0.5, 0.6) is 5.75 Å². The molecule has 6 nitrogen and oxygen atoms in total. The fraction of sp³-hybridized carbons (Fsp3) is 0.650. The first-order chi connectivity index (χ1) is 12.5. The molecule has 1 fully saturated rings. The predicted octanol–water partition coefficient (Wildman–Crippen LogP) is 2.51. The maximum absolute atomic E-state index is 12.5. The minimum Gasteiger partial charge on any atom is -0.508 e. The van der Waals surface area contributed by atoms with Crippen LogP contribution in [-0.2, 0) is 0 Å². The lowest BCUT2D eigenvalue weighted by atomic mass is 9.69. The summed E-state index contributed by atoms with van der Waals surface area (Å²) < 4.78 is 0. The highest BCUT2D eigenvalue weighted by atomic mass is 16.3. The number of piperidine rings is 1. The number of phenols is 1. The number of benzene rings is 1. The summed E-state index contributed by atoms with van der Waals surface area (Å²) in [6.45, 7) is 7.32. The van der Waals surface area contributed by atoms with E-state index in [0.717, 1.165) is 44.7 Å². The molecule has 1 aliphatic carbocycles. The van der Waals surface area contributed by atoms with Crippen LogP contribution in [0.4, 0.5) is 10.5 Å². The minimum absolute atomic E-state index is 0.0309. The Morgan fingerprint density at radius 2 is 2.12 bits per heavy atom. The largest absolute Gasteiger partial charge is 0.508 e. The smallest absolute Gasteiger partial charge is 0.317 e. The van der Waals surface area contributed by atoms with Crippen LogP contribution in [0.25, 0.3) is 0 Å². The number of aromatic hydroxyl groups is 1. The number of carbonyl (C=O) groups excluding carboxylic acids is 1. The number of phenolic OH excluding ortho intramolecular Hbond substituents is 1. The second-order valence-electron chi connectivity index (χ2n) is 7.98. The number of carbonyl (C=O) groups is 1. The van der Waals surface area contributed by atoms with Crippen molar-refractivity contribution in [2.24, 2.45) is 0 Å². The van der Waals surface area contributed by atoms with Gasteiger partial charge in [-0.25, -0.2) is 4.79 Å². The van der Waals surface area contributed by atoms with Crippen molar-refractivity contribution in [2.45, 2.75) is 50.6 Å². The quantitative estimate of drug-likeness (QED) is 0.777. The monoisotopic (exact) mass is 358 g/mol. The number of fused-ring (bicyclic) bond motifs is 2. The van der Waals surface area contributed by atoms with Crippen LogP contribution in [0.15, 0.2) is 12.1 Å². The zero-order chi connectivity index (χ0) is 18.4. The van der Waals surface area contributed by atoms with Crippen LogP contribution in [0.1, 0.15) is 49.7 Å². The third-order valence-electron chi connectivity index (χ3n) is 6.53. The SMILES string of the molecule is CCN(CC)C(=O)N[C@H]1C[C@@H]2c3cc(O)cc4c3C(CN4)C[C@H]2N(C)C1. The Bertz CT molecular complexity index is 703. The molecule has 0 bridgehead atoms. The average molecular weight is 358 g/mol. The molecular weight excluding hydrogens is 328 g/mol. The molecule has 1 saturated heterocycles. The second kappa shape index (κ2) is 6.65. The molecule has 3 aliphatic rings. The van der Waals surface area contributed by atoms with Crippen LogP contribution < -0.4 is 10.6 Å². The lowest BCUT2D eigenvalue weighted by Gasteiger charge is -2.47. The standard InChI is InChI=1S/C20H30N4O2/c1-4-24(5-2)20(26)22-13-7-15-16-8-14(25)9-17-19(16)12(10-21-17)6-18(15)23(3)11-13/h8-9,12-13,15,18,21,25H,4-7,10-11H2,1-3H3,(H,22,26)/t12?,13-,15+,18+/m0/s1. The highest BCUT2D eigenvalue weighted by Crippen LogP contribution is 2.51. The first-order valence-corrected chi connectivity index (χ1v) is 9.88. The van der Waals surface area contributed by atoms with Crippen molar-refractivity contribution >= 4 is 11.7 Å². The first-order valence-electron chi connectivity index (χ1n) is 9.88. The maximum atomic E-state index is 12.5. The Morgan fingerprint density at radius 1 is 1.35 bits per heavy atom. The van der Waals surface area contributed by atoms with E-state index in [1.165, 1.54) is 11.1 Å². The van der Waals surface area contributed by atoms with Gasteiger partial charge in [-0.1, -0.05) is 0 Å². The van der Waals surface area contributed by atoms with E-state index in [1.54, 1.807) is 0 Å². The van der Waals surface area contributed by atoms with Crippen LogP contribution in [0.2, 0.25) is 0 Å². The van der Waals surface area contributed by atoms with E-state index in [1.807, 2.05) is 30.9 Å². The van der Waals surface area contributed by atoms with Crippen LogP contribution >= 0.6 is 0 Å².